The lowest BCUT2D eigenvalue weighted by molar-refractivity contribution is 0.0616. The van der Waals surface area contributed by atoms with Crippen LogP contribution in [0.25, 0.3) is 0 Å². The monoisotopic (exact) mass is 290 g/mol. The molecule has 0 spiro atoms. The van der Waals surface area contributed by atoms with E-state index in [0.29, 0.717) is 6.54 Å². The van der Waals surface area contributed by atoms with Crippen molar-refractivity contribution in [2.45, 2.75) is 0 Å². The number of nitrogens with one attached hydrogen (secondary N) is 2. The maximum Gasteiger partial charge on any atom is 0.256 e. The van der Waals surface area contributed by atoms with Gasteiger partial charge in [0.1, 0.15) is 0 Å². The number of carbonyl (C=O) groups excluding carboxylic acids is 1. The first kappa shape index (κ1) is 14.2. The summed E-state index contributed by atoms with van der Waals surface area (Å²) in [7, 11) is 0. The Morgan fingerprint density at radius 1 is 1.14 bits per heavy atom. The average molecular weight is 290 g/mol. The summed E-state index contributed by atoms with van der Waals surface area (Å²) in [4.78, 5) is 16.8. The third kappa shape index (κ3) is 2.96. The number of aliphatic hydroxyl groups is 1. The third-order valence-corrected chi connectivity index (χ3v) is 4.11. The minimum atomic E-state index is 0.0895. The number of hydrogen-bond donors (Lipinski definition) is 3. The first-order valence-corrected chi connectivity index (χ1v) is 7.53. The fraction of sp³-hybridized carbons (Fsp3) is 0.533. The molecule has 0 radical (unpaired) electrons. The quantitative estimate of drug-likeness (QED) is 0.746. The number of amides is 1. The molecule has 6 heteroatoms. The van der Waals surface area contributed by atoms with E-state index < -0.39 is 0 Å². The van der Waals surface area contributed by atoms with Crippen molar-refractivity contribution in [3.05, 3.63) is 23.8 Å². The Morgan fingerprint density at radius 3 is 2.67 bits per heavy atom. The van der Waals surface area contributed by atoms with Gasteiger partial charge in [0.15, 0.2) is 0 Å². The van der Waals surface area contributed by atoms with Gasteiger partial charge in [-0.15, -0.1) is 0 Å². The number of β-amino-alcohol motifs (C(OH)–C–C–N with tert-alkyl or cyclic N) is 1. The molecule has 1 fully saturated rings. The molecule has 6 nitrogen and oxygen atoms in total. The van der Waals surface area contributed by atoms with Crippen molar-refractivity contribution in [3.63, 3.8) is 0 Å². The van der Waals surface area contributed by atoms with Gasteiger partial charge in [-0.3, -0.25) is 9.69 Å². The van der Waals surface area contributed by atoms with E-state index in [1.807, 2.05) is 23.1 Å². The summed E-state index contributed by atoms with van der Waals surface area (Å²) in [6.45, 7) is 5.67. The topological polar surface area (TPSA) is 67.8 Å². The standard InChI is InChI=1S/C15H22N4O2/c20-11-10-18-6-8-19(9-7-18)15(21)12-2-1-3-13-14(12)17-5-4-16-13/h1-3,16-17,20H,4-11H2. The predicted octanol–water partition coefficient (Wildman–Crippen LogP) is 0.274. The maximum atomic E-state index is 12.7. The Labute approximate surface area is 124 Å². The van der Waals surface area contributed by atoms with Crippen molar-refractivity contribution >= 4 is 17.3 Å². The molecule has 0 bridgehead atoms. The number of anilines is 2. The van der Waals surface area contributed by atoms with E-state index in [-0.39, 0.29) is 12.5 Å². The molecular weight excluding hydrogens is 268 g/mol. The van der Waals surface area contributed by atoms with Crippen molar-refractivity contribution in [1.29, 1.82) is 0 Å². The van der Waals surface area contributed by atoms with Crippen LogP contribution >= 0.6 is 0 Å². The summed E-state index contributed by atoms with van der Waals surface area (Å²) in [5.41, 5.74) is 2.67. The lowest BCUT2D eigenvalue weighted by Gasteiger charge is -2.35. The number of rotatable bonds is 3. The Kier molecular flexibility index (Phi) is 4.26. The Balaban J connectivity index is 1.72. The minimum Gasteiger partial charge on any atom is -0.395 e. The van der Waals surface area contributed by atoms with Gasteiger partial charge >= 0.3 is 0 Å². The Morgan fingerprint density at radius 2 is 1.90 bits per heavy atom. The zero-order valence-corrected chi connectivity index (χ0v) is 12.1. The molecule has 114 valence electrons. The van der Waals surface area contributed by atoms with Crippen LogP contribution in [0.3, 0.4) is 0 Å². The van der Waals surface area contributed by atoms with Crippen LogP contribution in [0.1, 0.15) is 10.4 Å². The summed E-state index contributed by atoms with van der Waals surface area (Å²) in [6, 6.07) is 5.81. The van der Waals surface area contributed by atoms with Gasteiger partial charge in [-0.1, -0.05) is 6.07 Å². The number of para-hydroxylation sites is 1. The summed E-state index contributed by atoms with van der Waals surface area (Å²) in [5, 5.41) is 15.6. The highest BCUT2D eigenvalue weighted by Crippen LogP contribution is 2.29. The fourth-order valence-corrected chi connectivity index (χ4v) is 2.94. The zero-order valence-electron chi connectivity index (χ0n) is 12.1. The molecule has 3 N–H and O–H groups in total. The molecule has 0 saturated carbocycles. The Bertz CT molecular complexity index is 512. The van der Waals surface area contributed by atoms with Crippen LogP contribution in [0.4, 0.5) is 11.4 Å². The highest BCUT2D eigenvalue weighted by atomic mass is 16.3. The number of benzene rings is 1. The summed E-state index contributed by atoms with van der Waals surface area (Å²) >= 11 is 0. The van der Waals surface area contributed by atoms with Gasteiger partial charge in [0, 0.05) is 45.8 Å². The van der Waals surface area contributed by atoms with Crippen LogP contribution in [0, 0.1) is 0 Å². The number of carbonyl (C=O) groups is 1. The third-order valence-electron chi connectivity index (χ3n) is 4.11. The molecule has 1 aromatic carbocycles. The van der Waals surface area contributed by atoms with Crippen LogP contribution in [0.5, 0.6) is 0 Å². The molecule has 2 aliphatic heterocycles. The second kappa shape index (κ2) is 6.32. The molecule has 0 atom stereocenters. The van der Waals surface area contributed by atoms with Gasteiger partial charge < -0.3 is 20.6 Å². The number of piperazine rings is 1. The van der Waals surface area contributed by atoms with Gasteiger partial charge in [0.2, 0.25) is 0 Å². The first-order chi connectivity index (χ1) is 10.3. The van der Waals surface area contributed by atoms with Crippen molar-refractivity contribution in [2.24, 2.45) is 0 Å². The average Bonchev–Trinajstić information content (AvgIpc) is 2.55. The second-order valence-corrected chi connectivity index (χ2v) is 5.44. The summed E-state index contributed by atoms with van der Waals surface area (Å²) in [6.07, 6.45) is 0. The van der Waals surface area contributed by atoms with E-state index in [2.05, 4.69) is 15.5 Å². The lowest BCUT2D eigenvalue weighted by atomic mass is 10.1. The highest BCUT2D eigenvalue weighted by molar-refractivity contribution is 6.02. The lowest BCUT2D eigenvalue weighted by Crippen LogP contribution is -2.49. The molecule has 0 aromatic heterocycles. The van der Waals surface area contributed by atoms with Crippen molar-refractivity contribution < 1.29 is 9.90 Å². The number of hydrogen-bond acceptors (Lipinski definition) is 5. The largest absolute Gasteiger partial charge is 0.395 e. The van der Waals surface area contributed by atoms with E-state index in [0.717, 1.165) is 56.2 Å². The van der Waals surface area contributed by atoms with Crippen LogP contribution in [0.15, 0.2) is 18.2 Å². The van der Waals surface area contributed by atoms with Crippen molar-refractivity contribution in [2.75, 3.05) is 63.1 Å². The summed E-state index contributed by atoms with van der Waals surface area (Å²) < 4.78 is 0. The molecule has 0 aliphatic carbocycles. The van der Waals surface area contributed by atoms with Crippen LogP contribution in [-0.2, 0) is 0 Å². The van der Waals surface area contributed by atoms with Gasteiger partial charge in [-0.25, -0.2) is 0 Å². The van der Waals surface area contributed by atoms with Crippen LogP contribution < -0.4 is 10.6 Å². The normalized spacial score (nSPS) is 18.6. The van der Waals surface area contributed by atoms with Gasteiger partial charge in [0.25, 0.3) is 5.91 Å². The second-order valence-electron chi connectivity index (χ2n) is 5.44. The molecular formula is C15H22N4O2. The van der Waals surface area contributed by atoms with Crippen molar-refractivity contribution in [3.8, 4) is 0 Å². The number of aliphatic hydroxyl groups excluding tert-OH is 1. The van der Waals surface area contributed by atoms with Gasteiger partial charge in [0.05, 0.1) is 23.5 Å². The zero-order chi connectivity index (χ0) is 14.7. The van der Waals surface area contributed by atoms with E-state index in [1.165, 1.54) is 0 Å². The minimum absolute atomic E-state index is 0.0895. The van der Waals surface area contributed by atoms with Gasteiger partial charge in [-0.05, 0) is 12.1 Å². The molecule has 3 rings (SSSR count). The SMILES string of the molecule is O=C(c1cccc2c1NCCN2)N1CCN(CCO)CC1. The fourth-order valence-electron chi connectivity index (χ4n) is 2.94. The molecule has 21 heavy (non-hydrogen) atoms. The maximum absolute atomic E-state index is 12.7. The van der Waals surface area contributed by atoms with Gasteiger partial charge in [-0.2, -0.15) is 0 Å². The predicted molar refractivity (Wildman–Crippen MR) is 82.9 cm³/mol. The van der Waals surface area contributed by atoms with E-state index in [4.69, 9.17) is 5.11 Å². The molecule has 0 unspecified atom stereocenters. The van der Waals surface area contributed by atoms with Crippen LogP contribution in [-0.4, -0.2) is 73.2 Å². The highest BCUT2D eigenvalue weighted by Gasteiger charge is 2.25. The smallest absolute Gasteiger partial charge is 0.256 e. The van der Waals surface area contributed by atoms with E-state index in [1.54, 1.807) is 0 Å². The van der Waals surface area contributed by atoms with Crippen molar-refractivity contribution in [1.82, 2.24) is 9.80 Å². The first-order valence-electron chi connectivity index (χ1n) is 7.53. The van der Waals surface area contributed by atoms with E-state index in [9.17, 15) is 4.79 Å². The van der Waals surface area contributed by atoms with Crippen LogP contribution in [0.2, 0.25) is 0 Å². The molecule has 2 heterocycles. The summed E-state index contributed by atoms with van der Waals surface area (Å²) in [5.74, 6) is 0.0895. The molecule has 1 saturated heterocycles. The Hall–Kier alpha value is -1.79. The number of fused-ring (bicyclic) bond motifs is 1. The van der Waals surface area contributed by atoms with E-state index >= 15 is 0 Å². The number of nitrogens with zero attached hydrogens (tertiary/aromatic N) is 2. The molecule has 1 aromatic rings. The molecule has 1 amide bonds. The molecule has 2 aliphatic rings.